The summed E-state index contributed by atoms with van der Waals surface area (Å²) in [5.74, 6) is -0.494. The zero-order chi connectivity index (χ0) is 16.3. The number of sulfone groups is 1. The Morgan fingerprint density at radius 2 is 1.91 bits per heavy atom. The molecule has 0 saturated carbocycles. The van der Waals surface area contributed by atoms with Crippen LogP contribution in [-0.2, 0) is 16.9 Å². The zero-order valence-corrected chi connectivity index (χ0v) is 13.6. The average molecular weight is 321 g/mol. The summed E-state index contributed by atoms with van der Waals surface area (Å²) in [5, 5.41) is 6.59. The molecule has 6 nitrogen and oxygen atoms in total. The normalized spacial score (nSPS) is 12.9. The van der Waals surface area contributed by atoms with E-state index in [4.69, 9.17) is 0 Å². The standard InChI is InChI=1S/C15H19N3O3S/c1-11-4-6-13(7-5-11)22(20,21)10-12(2)17-15(19)14-8-9-16-18(14)3/h4-9,12H,10H2,1-3H3,(H,17,19)/t12-/m0/s1. The van der Waals surface area contributed by atoms with Crippen molar-refractivity contribution in [1.29, 1.82) is 0 Å². The second-order valence-electron chi connectivity index (χ2n) is 5.31. The van der Waals surface area contributed by atoms with Gasteiger partial charge in [-0.3, -0.25) is 9.48 Å². The molecular formula is C15H19N3O3S. The Hall–Kier alpha value is -2.15. The molecule has 0 aliphatic heterocycles. The number of hydrogen-bond acceptors (Lipinski definition) is 4. The lowest BCUT2D eigenvalue weighted by Gasteiger charge is -2.14. The molecule has 2 rings (SSSR count). The fraction of sp³-hybridized carbons (Fsp3) is 0.333. The van der Waals surface area contributed by atoms with Crippen LogP contribution in [0.2, 0.25) is 0 Å². The largest absolute Gasteiger partial charge is 0.347 e. The van der Waals surface area contributed by atoms with Crippen molar-refractivity contribution in [3.8, 4) is 0 Å². The van der Waals surface area contributed by atoms with Crippen molar-refractivity contribution in [1.82, 2.24) is 15.1 Å². The fourth-order valence-corrected chi connectivity index (χ4v) is 3.59. The number of nitrogens with one attached hydrogen (secondary N) is 1. The van der Waals surface area contributed by atoms with Crippen molar-refractivity contribution in [3.63, 3.8) is 0 Å². The third-order valence-corrected chi connectivity index (χ3v) is 5.21. The van der Waals surface area contributed by atoms with Crippen molar-refractivity contribution >= 4 is 15.7 Å². The Morgan fingerprint density at radius 1 is 1.27 bits per heavy atom. The summed E-state index contributed by atoms with van der Waals surface area (Å²) in [4.78, 5) is 12.3. The van der Waals surface area contributed by atoms with Gasteiger partial charge in [-0.2, -0.15) is 5.10 Å². The highest BCUT2D eigenvalue weighted by Crippen LogP contribution is 2.13. The molecule has 0 spiro atoms. The van der Waals surface area contributed by atoms with Gasteiger partial charge in [0.1, 0.15) is 5.69 Å². The van der Waals surface area contributed by atoms with E-state index in [2.05, 4.69) is 10.4 Å². The Labute approximate surface area is 130 Å². The van der Waals surface area contributed by atoms with E-state index in [1.54, 1.807) is 44.3 Å². The molecule has 1 heterocycles. The summed E-state index contributed by atoms with van der Waals surface area (Å²) in [6.45, 7) is 3.56. The monoisotopic (exact) mass is 321 g/mol. The maximum absolute atomic E-state index is 12.3. The predicted octanol–water partition coefficient (Wildman–Crippen LogP) is 1.32. The number of rotatable bonds is 5. The molecule has 1 N–H and O–H groups in total. The van der Waals surface area contributed by atoms with Gasteiger partial charge in [0.05, 0.1) is 10.6 Å². The summed E-state index contributed by atoms with van der Waals surface area (Å²) in [6, 6.07) is 7.75. The topological polar surface area (TPSA) is 81.1 Å². The quantitative estimate of drug-likeness (QED) is 0.900. The summed E-state index contributed by atoms with van der Waals surface area (Å²) in [5.41, 5.74) is 1.39. The van der Waals surface area contributed by atoms with Crippen molar-refractivity contribution in [2.75, 3.05) is 5.75 Å². The Morgan fingerprint density at radius 3 is 2.45 bits per heavy atom. The number of aryl methyl sites for hydroxylation is 2. The number of hydrogen-bond donors (Lipinski definition) is 1. The lowest BCUT2D eigenvalue weighted by atomic mass is 10.2. The highest BCUT2D eigenvalue weighted by molar-refractivity contribution is 7.91. The van der Waals surface area contributed by atoms with E-state index in [1.807, 2.05) is 6.92 Å². The third-order valence-electron chi connectivity index (χ3n) is 3.28. The van der Waals surface area contributed by atoms with Crippen LogP contribution in [-0.4, -0.2) is 35.9 Å². The minimum atomic E-state index is -3.44. The van der Waals surface area contributed by atoms with E-state index < -0.39 is 15.9 Å². The Bertz CT molecular complexity index is 764. The van der Waals surface area contributed by atoms with E-state index >= 15 is 0 Å². The summed E-state index contributed by atoms with van der Waals surface area (Å²) in [6.07, 6.45) is 1.52. The summed E-state index contributed by atoms with van der Waals surface area (Å²) >= 11 is 0. The first-order valence-corrected chi connectivity index (χ1v) is 8.53. The molecule has 1 aromatic heterocycles. The van der Waals surface area contributed by atoms with Gasteiger partial charge in [0.15, 0.2) is 9.84 Å². The summed E-state index contributed by atoms with van der Waals surface area (Å²) in [7, 11) is -1.78. The van der Waals surface area contributed by atoms with Crippen LogP contribution >= 0.6 is 0 Å². The third kappa shape index (κ3) is 3.73. The van der Waals surface area contributed by atoms with Crippen LogP contribution in [0.25, 0.3) is 0 Å². The first kappa shape index (κ1) is 16.2. The molecule has 2 aromatic rings. The lowest BCUT2D eigenvalue weighted by Crippen LogP contribution is -2.38. The molecule has 1 atom stereocenters. The molecule has 0 aliphatic rings. The smallest absolute Gasteiger partial charge is 0.269 e. The van der Waals surface area contributed by atoms with Crippen LogP contribution in [0.15, 0.2) is 41.4 Å². The van der Waals surface area contributed by atoms with Gasteiger partial charge in [-0.1, -0.05) is 17.7 Å². The minimum absolute atomic E-state index is 0.153. The van der Waals surface area contributed by atoms with Gasteiger partial charge in [0.2, 0.25) is 0 Å². The van der Waals surface area contributed by atoms with Gasteiger partial charge in [-0.25, -0.2) is 8.42 Å². The summed E-state index contributed by atoms with van der Waals surface area (Å²) < 4.78 is 26.1. The number of carbonyl (C=O) groups excluding carboxylic acids is 1. The van der Waals surface area contributed by atoms with Crippen LogP contribution in [0.1, 0.15) is 23.0 Å². The van der Waals surface area contributed by atoms with Crippen LogP contribution in [0, 0.1) is 6.92 Å². The Kier molecular flexibility index (Phi) is 4.65. The molecular weight excluding hydrogens is 302 g/mol. The van der Waals surface area contributed by atoms with Crippen molar-refractivity contribution in [3.05, 3.63) is 47.8 Å². The van der Waals surface area contributed by atoms with Crippen LogP contribution in [0.3, 0.4) is 0 Å². The van der Waals surface area contributed by atoms with Crippen molar-refractivity contribution < 1.29 is 13.2 Å². The van der Waals surface area contributed by atoms with Crippen LogP contribution in [0.4, 0.5) is 0 Å². The first-order valence-electron chi connectivity index (χ1n) is 6.88. The number of carbonyl (C=O) groups is 1. The minimum Gasteiger partial charge on any atom is -0.347 e. The van der Waals surface area contributed by atoms with Gasteiger partial charge in [0, 0.05) is 19.3 Å². The molecule has 7 heteroatoms. The highest BCUT2D eigenvalue weighted by atomic mass is 32.2. The van der Waals surface area contributed by atoms with E-state index in [9.17, 15) is 13.2 Å². The van der Waals surface area contributed by atoms with Gasteiger partial charge in [-0.15, -0.1) is 0 Å². The first-order chi connectivity index (χ1) is 10.3. The second kappa shape index (κ2) is 6.31. The van der Waals surface area contributed by atoms with Crippen LogP contribution < -0.4 is 5.32 Å². The van der Waals surface area contributed by atoms with Gasteiger partial charge in [0.25, 0.3) is 5.91 Å². The van der Waals surface area contributed by atoms with Crippen molar-refractivity contribution in [2.24, 2.45) is 7.05 Å². The van der Waals surface area contributed by atoms with Crippen molar-refractivity contribution in [2.45, 2.75) is 24.8 Å². The Balaban J connectivity index is 2.05. The molecule has 0 aliphatic carbocycles. The number of amides is 1. The molecule has 118 valence electrons. The predicted molar refractivity (Wildman–Crippen MR) is 83.4 cm³/mol. The second-order valence-corrected chi connectivity index (χ2v) is 7.34. The van der Waals surface area contributed by atoms with E-state index in [0.717, 1.165) is 5.56 Å². The fourth-order valence-electron chi connectivity index (χ4n) is 2.11. The van der Waals surface area contributed by atoms with Gasteiger partial charge in [-0.05, 0) is 32.0 Å². The molecule has 0 radical (unpaired) electrons. The van der Waals surface area contributed by atoms with E-state index in [-0.39, 0.29) is 16.6 Å². The molecule has 0 bridgehead atoms. The van der Waals surface area contributed by atoms with E-state index in [1.165, 1.54) is 10.9 Å². The molecule has 0 saturated heterocycles. The molecule has 1 aromatic carbocycles. The maximum atomic E-state index is 12.3. The maximum Gasteiger partial charge on any atom is 0.269 e. The highest BCUT2D eigenvalue weighted by Gasteiger charge is 2.21. The number of benzene rings is 1. The van der Waals surface area contributed by atoms with Gasteiger partial charge >= 0.3 is 0 Å². The lowest BCUT2D eigenvalue weighted by molar-refractivity contribution is 0.0934. The molecule has 22 heavy (non-hydrogen) atoms. The van der Waals surface area contributed by atoms with Crippen LogP contribution in [0.5, 0.6) is 0 Å². The molecule has 0 fully saturated rings. The molecule has 1 amide bonds. The zero-order valence-electron chi connectivity index (χ0n) is 12.8. The average Bonchev–Trinajstić information content (AvgIpc) is 2.84. The van der Waals surface area contributed by atoms with Gasteiger partial charge < -0.3 is 5.32 Å². The molecule has 0 unspecified atom stereocenters. The number of aromatic nitrogens is 2. The van der Waals surface area contributed by atoms with E-state index in [0.29, 0.717) is 5.69 Å². The SMILES string of the molecule is Cc1ccc(S(=O)(=O)C[C@H](C)NC(=O)c2ccnn2C)cc1. The number of nitrogens with zero attached hydrogens (tertiary/aromatic N) is 2.